The Morgan fingerprint density at radius 3 is 2.05 bits per heavy atom. The second kappa shape index (κ2) is 8.13. The SMILES string of the molecule is CN(CCC[Si](CO)(CO)CO)S(=O)(=O)c1ccc(F)cc1. The molecular formula is C13H22FNO5SSi. The summed E-state index contributed by atoms with van der Waals surface area (Å²) < 4.78 is 38.5. The zero-order chi connectivity index (χ0) is 16.8. The normalized spacial score (nSPS) is 12.8. The lowest BCUT2D eigenvalue weighted by Crippen LogP contribution is -2.48. The molecule has 1 aromatic rings. The van der Waals surface area contributed by atoms with E-state index in [1.54, 1.807) is 0 Å². The van der Waals surface area contributed by atoms with Gasteiger partial charge in [0.2, 0.25) is 10.0 Å². The summed E-state index contributed by atoms with van der Waals surface area (Å²) in [5, 5.41) is 27.8. The van der Waals surface area contributed by atoms with Gasteiger partial charge in [-0.25, -0.2) is 17.1 Å². The highest BCUT2D eigenvalue weighted by atomic mass is 32.2. The molecule has 0 aliphatic carbocycles. The standard InChI is InChI=1S/C13H22FNO5SSi/c1-15(7-2-8-22(9-16,10-17)11-18)21(19,20)13-5-3-12(14)4-6-13/h3-6,16-18H,2,7-11H2,1H3. The van der Waals surface area contributed by atoms with Crippen LogP contribution in [0.15, 0.2) is 29.2 Å². The predicted octanol–water partition coefficient (Wildman–Crippen LogP) is -0.120. The topological polar surface area (TPSA) is 98.1 Å². The van der Waals surface area contributed by atoms with Crippen molar-refractivity contribution in [2.45, 2.75) is 17.4 Å². The molecule has 0 amide bonds. The lowest BCUT2D eigenvalue weighted by atomic mass is 10.4. The number of nitrogens with zero attached hydrogens (tertiary/aromatic N) is 1. The van der Waals surface area contributed by atoms with Gasteiger partial charge >= 0.3 is 0 Å². The van der Waals surface area contributed by atoms with E-state index >= 15 is 0 Å². The molecule has 0 aromatic heterocycles. The highest BCUT2D eigenvalue weighted by molar-refractivity contribution is 7.89. The van der Waals surface area contributed by atoms with Crippen molar-refractivity contribution in [3.8, 4) is 0 Å². The Morgan fingerprint density at radius 2 is 1.59 bits per heavy atom. The molecular weight excluding hydrogens is 329 g/mol. The number of aliphatic hydroxyl groups excluding tert-OH is 3. The van der Waals surface area contributed by atoms with Crippen molar-refractivity contribution in [1.82, 2.24) is 4.31 Å². The second-order valence-corrected chi connectivity index (χ2v) is 11.9. The monoisotopic (exact) mass is 351 g/mol. The Hall–Kier alpha value is -0.843. The van der Waals surface area contributed by atoms with Gasteiger partial charge in [-0.3, -0.25) is 0 Å². The molecule has 1 aromatic carbocycles. The van der Waals surface area contributed by atoms with E-state index in [2.05, 4.69) is 0 Å². The molecule has 6 nitrogen and oxygen atoms in total. The van der Waals surface area contributed by atoms with Crippen molar-refractivity contribution < 1.29 is 28.1 Å². The molecule has 1 rings (SSSR count). The molecule has 0 saturated carbocycles. The number of aliphatic hydroxyl groups is 3. The van der Waals surface area contributed by atoms with Crippen LogP contribution in [0.25, 0.3) is 0 Å². The van der Waals surface area contributed by atoms with Crippen LogP contribution in [0.5, 0.6) is 0 Å². The minimum atomic E-state index is -3.70. The lowest BCUT2D eigenvalue weighted by Gasteiger charge is -2.25. The molecule has 9 heteroatoms. The first-order chi connectivity index (χ1) is 10.3. The molecule has 3 N–H and O–H groups in total. The largest absolute Gasteiger partial charge is 0.399 e. The van der Waals surface area contributed by atoms with E-state index in [1.165, 1.54) is 19.2 Å². The molecule has 0 spiro atoms. The van der Waals surface area contributed by atoms with Crippen molar-refractivity contribution in [3.63, 3.8) is 0 Å². The van der Waals surface area contributed by atoms with E-state index < -0.39 is 23.9 Å². The zero-order valence-electron chi connectivity index (χ0n) is 12.4. The zero-order valence-corrected chi connectivity index (χ0v) is 14.3. The van der Waals surface area contributed by atoms with E-state index in [-0.39, 0.29) is 30.1 Å². The highest BCUT2D eigenvalue weighted by Crippen LogP contribution is 2.17. The van der Waals surface area contributed by atoms with E-state index in [1.807, 2.05) is 0 Å². The Kier molecular flexibility index (Phi) is 7.10. The van der Waals surface area contributed by atoms with Gasteiger partial charge in [-0.2, -0.15) is 0 Å². The van der Waals surface area contributed by atoms with Crippen LogP contribution in [-0.4, -0.2) is 68.4 Å². The van der Waals surface area contributed by atoms with Crippen LogP contribution in [0.1, 0.15) is 6.42 Å². The van der Waals surface area contributed by atoms with Gasteiger partial charge in [0.25, 0.3) is 0 Å². The predicted molar refractivity (Wildman–Crippen MR) is 82.7 cm³/mol. The maximum Gasteiger partial charge on any atom is 0.242 e. The van der Waals surface area contributed by atoms with Crippen LogP contribution in [0.2, 0.25) is 6.04 Å². The Morgan fingerprint density at radius 1 is 1.09 bits per heavy atom. The lowest BCUT2D eigenvalue weighted by molar-refractivity contribution is 0.286. The van der Waals surface area contributed by atoms with Gasteiger partial charge in [-0.15, -0.1) is 0 Å². The summed E-state index contributed by atoms with van der Waals surface area (Å²) in [6, 6.07) is 4.99. The quantitative estimate of drug-likeness (QED) is 0.539. The number of sulfonamides is 1. The van der Waals surface area contributed by atoms with Crippen molar-refractivity contribution in [2.75, 3.05) is 32.3 Å². The second-order valence-electron chi connectivity index (χ2n) is 5.36. The molecule has 0 aliphatic rings. The van der Waals surface area contributed by atoms with Gasteiger partial charge in [-0.05, 0) is 30.7 Å². The fourth-order valence-electron chi connectivity index (χ4n) is 1.97. The molecule has 0 fully saturated rings. The summed E-state index contributed by atoms with van der Waals surface area (Å²) in [5.74, 6) is -0.508. The smallest absolute Gasteiger partial charge is 0.242 e. The number of benzene rings is 1. The van der Waals surface area contributed by atoms with Gasteiger partial charge in [0.05, 0.1) is 4.90 Å². The Labute approximate surface area is 130 Å². The molecule has 0 bridgehead atoms. The van der Waals surface area contributed by atoms with Crippen LogP contribution in [0, 0.1) is 5.82 Å². The number of hydrogen-bond acceptors (Lipinski definition) is 5. The molecule has 22 heavy (non-hydrogen) atoms. The molecule has 0 unspecified atom stereocenters. The summed E-state index contributed by atoms with van der Waals surface area (Å²) in [4.78, 5) is 0.00591. The first-order valence-corrected chi connectivity index (χ1v) is 11.1. The van der Waals surface area contributed by atoms with Gasteiger partial charge < -0.3 is 15.3 Å². The van der Waals surface area contributed by atoms with Gasteiger partial charge in [0.15, 0.2) is 0 Å². The Bertz CT molecular complexity index is 554. The van der Waals surface area contributed by atoms with E-state index in [9.17, 15) is 28.1 Å². The number of halogens is 1. The van der Waals surface area contributed by atoms with E-state index in [0.717, 1.165) is 16.4 Å². The van der Waals surface area contributed by atoms with Crippen molar-refractivity contribution in [1.29, 1.82) is 0 Å². The first kappa shape index (κ1) is 19.2. The fraction of sp³-hybridized carbons (Fsp3) is 0.538. The number of rotatable bonds is 9. The van der Waals surface area contributed by atoms with Crippen molar-refractivity contribution in [2.24, 2.45) is 0 Å². The molecule has 0 radical (unpaired) electrons. The molecule has 0 heterocycles. The van der Waals surface area contributed by atoms with Crippen molar-refractivity contribution in [3.05, 3.63) is 30.1 Å². The van der Waals surface area contributed by atoms with Crippen molar-refractivity contribution >= 4 is 18.1 Å². The van der Waals surface area contributed by atoms with E-state index in [0.29, 0.717) is 12.5 Å². The average molecular weight is 351 g/mol. The highest BCUT2D eigenvalue weighted by Gasteiger charge is 2.31. The van der Waals surface area contributed by atoms with Crippen LogP contribution >= 0.6 is 0 Å². The van der Waals surface area contributed by atoms with Gasteiger partial charge in [0.1, 0.15) is 13.9 Å². The van der Waals surface area contributed by atoms with Crippen LogP contribution < -0.4 is 0 Å². The summed E-state index contributed by atoms with van der Waals surface area (Å²) in [6.07, 6.45) is -0.303. The minimum Gasteiger partial charge on any atom is -0.399 e. The summed E-state index contributed by atoms with van der Waals surface area (Å²) in [7, 11) is -4.82. The van der Waals surface area contributed by atoms with Gasteiger partial charge in [-0.1, -0.05) is 6.04 Å². The Balaban J connectivity index is 2.68. The van der Waals surface area contributed by atoms with Crippen LogP contribution in [0.4, 0.5) is 4.39 Å². The summed E-state index contributed by atoms with van der Waals surface area (Å²) in [5.41, 5.74) is 0. The molecule has 0 saturated heterocycles. The minimum absolute atomic E-state index is 0.00591. The number of hydrogen-bond donors (Lipinski definition) is 3. The first-order valence-electron chi connectivity index (χ1n) is 6.86. The van der Waals surface area contributed by atoms with Gasteiger partial charge in [0, 0.05) is 32.3 Å². The molecule has 126 valence electrons. The maximum absolute atomic E-state index is 12.9. The third-order valence-corrected chi connectivity index (χ3v) is 9.01. The molecule has 0 aliphatic heterocycles. The summed E-state index contributed by atoms with van der Waals surface area (Å²) >= 11 is 0. The average Bonchev–Trinajstić information content (AvgIpc) is 2.52. The third kappa shape index (κ3) is 4.57. The van der Waals surface area contributed by atoms with Crippen LogP contribution in [0.3, 0.4) is 0 Å². The molecule has 0 atom stereocenters. The van der Waals surface area contributed by atoms with Crippen LogP contribution in [-0.2, 0) is 10.0 Å². The fourth-order valence-corrected chi connectivity index (χ4v) is 4.86. The third-order valence-electron chi connectivity index (χ3n) is 3.71. The van der Waals surface area contributed by atoms with E-state index in [4.69, 9.17) is 0 Å². The summed E-state index contributed by atoms with van der Waals surface area (Å²) in [6.45, 7) is 0.189. The maximum atomic E-state index is 12.9.